The average Bonchev–Trinajstić information content (AvgIpc) is 1.88. The molecule has 0 spiro atoms. The van der Waals surface area contributed by atoms with E-state index in [1.165, 1.54) is 12.8 Å². The van der Waals surface area contributed by atoms with Gasteiger partial charge in [0.1, 0.15) is 0 Å². The van der Waals surface area contributed by atoms with Gasteiger partial charge in [-0.3, -0.25) is 0 Å². The van der Waals surface area contributed by atoms with E-state index in [0.717, 1.165) is 5.92 Å². The standard InChI is InChI=1S/C8H16O.C2H6/c1-6-4-7(2)9-8(3)5-6;1-2/h6-8H,4-5H2,1-3H3;1-2H3. The van der Waals surface area contributed by atoms with Crippen LogP contribution in [0.15, 0.2) is 0 Å². The smallest absolute Gasteiger partial charge is 0.0553 e. The molecule has 1 nitrogen and oxygen atoms in total. The van der Waals surface area contributed by atoms with Gasteiger partial charge in [0, 0.05) is 0 Å². The Morgan fingerprint density at radius 1 is 0.909 bits per heavy atom. The van der Waals surface area contributed by atoms with Gasteiger partial charge in [0.25, 0.3) is 0 Å². The number of hydrogen-bond acceptors (Lipinski definition) is 1. The van der Waals surface area contributed by atoms with E-state index in [4.69, 9.17) is 4.74 Å². The first-order valence-corrected chi connectivity index (χ1v) is 4.84. The molecule has 2 unspecified atom stereocenters. The van der Waals surface area contributed by atoms with Crippen molar-refractivity contribution in [3.63, 3.8) is 0 Å². The summed E-state index contributed by atoms with van der Waals surface area (Å²) in [6, 6.07) is 0. The Morgan fingerprint density at radius 2 is 1.27 bits per heavy atom. The van der Waals surface area contributed by atoms with Gasteiger partial charge in [-0.2, -0.15) is 0 Å². The molecule has 11 heavy (non-hydrogen) atoms. The minimum absolute atomic E-state index is 0.490. The van der Waals surface area contributed by atoms with Gasteiger partial charge in [-0.1, -0.05) is 20.8 Å². The second-order valence-electron chi connectivity index (χ2n) is 3.33. The summed E-state index contributed by atoms with van der Waals surface area (Å²) in [4.78, 5) is 0. The highest BCUT2D eigenvalue weighted by molar-refractivity contribution is 4.69. The number of rotatable bonds is 0. The molecule has 68 valence electrons. The fourth-order valence-corrected chi connectivity index (χ4v) is 1.74. The van der Waals surface area contributed by atoms with Crippen LogP contribution in [-0.4, -0.2) is 12.2 Å². The van der Waals surface area contributed by atoms with Crippen LogP contribution in [0.1, 0.15) is 47.5 Å². The van der Waals surface area contributed by atoms with Crippen molar-refractivity contribution in [3.05, 3.63) is 0 Å². The summed E-state index contributed by atoms with van der Waals surface area (Å²) < 4.78 is 5.56. The number of hydrogen-bond donors (Lipinski definition) is 0. The third-order valence-electron chi connectivity index (χ3n) is 1.93. The quantitative estimate of drug-likeness (QED) is 0.526. The monoisotopic (exact) mass is 158 g/mol. The zero-order chi connectivity index (χ0) is 8.85. The summed E-state index contributed by atoms with van der Waals surface area (Å²) in [5.41, 5.74) is 0. The average molecular weight is 158 g/mol. The first-order valence-electron chi connectivity index (χ1n) is 4.84. The molecule has 0 radical (unpaired) electrons. The largest absolute Gasteiger partial charge is 0.376 e. The second kappa shape index (κ2) is 5.59. The highest BCUT2D eigenvalue weighted by Gasteiger charge is 2.20. The predicted molar refractivity (Wildman–Crippen MR) is 49.8 cm³/mol. The molecule has 0 aliphatic carbocycles. The third kappa shape index (κ3) is 4.41. The van der Waals surface area contributed by atoms with E-state index in [1.807, 2.05) is 13.8 Å². The van der Waals surface area contributed by atoms with Gasteiger partial charge >= 0.3 is 0 Å². The summed E-state index contributed by atoms with van der Waals surface area (Å²) in [5, 5.41) is 0. The van der Waals surface area contributed by atoms with Crippen LogP contribution in [0.4, 0.5) is 0 Å². The highest BCUT2D eigenvalue weighted by Crippen LogP contribution is 2.23. The Morgan fingerprint density at radius 3 is 1.55 bits per heavy atom. The van der Waals surface area contributed by atoms with Crippen molar-refractivity contribution in [3.8, 4) is 0 Å². The maximum Gasteiger partial charge on any atom is 0.0553 e. The van der Waals surface area contributed by atoms with E-state index in [-0.39, 0.29) is 0 Å². The lowest BCUT2D eigenvalue weighted by atomic mass is 9.95. The van der Waals surface area contributed by atoms with Gasteiger partial charge in [-0.05, 0) is 32.6 Å². The van der Waals surface area contributed by atoms with E-state index < -0.39 is 0 Å². The summed E-state index contributed by atoms with van der Waals surface area (Å²) in [6.45, 7) is 10.6. The van der Waals surface area contributed by atoms with Crippen molar-refractivity contribution in [2.24, 2.45) is 5.92 Å². The van der Waals surface area contributed by atoms with Crippen LogP contribution in [0.2, 0.25) is 0 Å². The SMILES string of the molecule is CC.CC1CC(C)OC(C)C1. The predicted octanol–water partition coefficient (Wildman–Crippen LogP) is 3.24. The molecule has 0 amide bonds. The molecular formula is C10H22O. The van der Waals surface area contributed by atoms with Crippen LogP contribution in [0.3, 0.4) is 0 Å². The maximum atomic E-state index is 5.56. The fourth-order valence-electron chi connectivity index (χ4n) is 1.74. The molecule has 1 rings (SSSR count). The lowest BCUT2D eigenvalue weighted by Gasteiger charge is -2.29. The Labute approximate surface area is 71.1 Å². The van der Waals surface area contributed by atoms with Crippen LogP contribution < -0.4 is 0 Å². The van der Waals surface area contributed by atoms with E-state index in [1.54, 1.807) is 0 Å². The van der Waals surface area contributed by atoms with E-state index in [0.29, 0.717) is 12.2 Å². The van der Waals surface area contributed by atoms with Crippen LogP contribution >= 0.6 is 0 Å². The highest BCUT2D eigenvalue weighted by atomic mass is 16.5. The normalized spacial score (nSPS) is 37.4. The van der Waals surface area contributed by atoms with Crippen molar-refractivity contribution >= 4 is 0 Å². The van der Waals surface area contributed by atoms with Crippen molar-refractivity contribution in [2.45, 2.75) is 59.7 Å². The van der Waals surface area contributed by atoms with Crippen molar-refractivity contribution in [1.82, 2.24) is 0 Å². The van der Waals surface area contributed by atoms with Gasteiger partial charge in [0.15, 0.2) is 0 Å². The van der Waals surface area contributed by atoms with Crippen LogP contribution in [0, 0.1) is 5.92 Å². The zero-order valence-corrected chi connectivity index (χ0v) is 8.55. The van der Waals surface area contributed by atoms with Gasteiger partial charge in [0.2, 0.25) is 0 Å². The van der Waals surface area contributed by atoms with Crippen LogP contribution in [-0.2, 0) is 4.74 Å². The molecule has 1 heteroatoms. The lowest BCUT2D eigenvalue weighted by molar-refractivity contribution is -0.0485. The molecule has 0 bridgehead atoms. The fraction of sp³-hybridized carbons (Fsp3) is 1.00. The van der Waals surface area contributed by atoms with Gasteiger partial charge < -0.3 is 4.74 Å². The summed E-state index contributed by atoms with van der Waals surface area (Å²) in [6.07, 6.45) is 3.46. The summed E-state index contributed by atoms with van der Waals surface area (Å²) in [5.74, 6) is 0.865. The van der Waals surface area contributed by atoms with Crippen LogP contribution in [0.25, 0.3) is 0 Å². The topological polar surface area (TPSA) is 9.23 Å². The van der Waals surface area contributed by atoms with Gasteiger partial charge in [0.05, 0.1) is 12.2 Å². The number of ether oxygens (including phenoxy) is 1. The van der Waals surface area contributed by atoms with E-state index in [2.05, 4.69) is 20.8 Å². The molecule has 0 saturated carbocycles. The molecule has 1 saturated heterocycles. The molecular weight excluding hydrogens is 136 g/mol. The molecule has 1 heterocycles. The molecule has 0 N–H and O–H groups in total. The van der Waals surface area contributed by atoms with Crippen molar-refractivity contribution in [2.75, 3.05) is 0 Å². The minimum atomic E-state index is 0.490. The Bertz CT molecular complexity index is 65.9. The summed E-state index contributed by atoms with van der Waals surface area (Å²) in [7, 11) is 0. The van der Waals surface area contributed by atoms with E-state index >= 15 is 0 Å². The summed E-state index contributed by atoms with van der Waals surface area (Å²) >= 11 is 0. The van der Waals surface area contributed by atoms with Crippen LogP contribution in [0.5, 0.6) is 0 Å². The van der Waals surface area contributed by atoms with E-state index in [9.17, 15) is 0 Å². The first-order chi connectivity index (χ1) is 5.18. The maximum absolute atomic E-state index is 5.56. The molecule has 1 aliphatic rings. The van der Waals surface area contributed by atoms with Crippen molar-refractivity contribution < 1.29 is 4.74 Å². The Kier molecular flexibility index (Phi) is 5.57. The van der Waals surface area contributed by atoms with Crippen molar-refractivity contribution in [1.29, 1.82) is 0 Å². The van der Waals surface area contributed by atoms with Gasteiger partial charge in [-0.25, -0.2) is 0 Å². The van der Waals surface area contributed by atoms with Gasteiger partial charge in [-0.15, -0.1) is 0 Å². The molecule has 1 fully saturated rings. The molecule has 0 aromatic rings. The molecule has 2 atom stereocenters. The lowest BCUT2D eigenvalue weighted by Crippen LogP contribution is -2.27. The molecule has 0 aromatic carbocycles. The Balaban J connectivity index is 0.000000461. The molecule has 0 aromatic heterocycles. The second-order valence-corrected chi connectivity index (χ2v) is 3.33. The first kappa shape index (κ1) is 11.0. The minimum Gasteiger partial charge on any atom is -0.376 e. The Hall–Kier alpha value is -0.0400. The third-order valence-corrected chi connectivity index (χ3v) is 1.93. The molecule has 1 aliphatic heterocycles. The zero-order valence-electron chi connectivity index (χ0n) is 8.55.